The Labute approximate surface area is 167 Å². The van der Waals surface area contributed by atoms with E-state index in [0.717, 1.165) is 11.4 Å². The number of carbonyl (C=O) groups excluding carboxylic acids is 1. The third-order valence-electron chi connectivity index (χ3n) is 3.77. The van der Waals surface area contributed by atoms with E-state index in [1.807, 2.05) is 31.1 Å². The number of anilines is 1. The van der Waals surface area contributed by atoms with Crippen molar-refractivity contribution in [1.82, 2.24) is 19.7 Å². The van der Waals surface area contributed by atoms with Crippen molar-refractivity contribution in [2.75, 3.05) is 19.0 Å². The smallest absolute Gasteiger partial charge is 0.475 e. The summed E-state index contributed by atoms with van der Waals surface area (Å²) < 4.78 is 33.2. The van der Waals surface area contributed by atoms with Crippen LogP contribution in [0.2, 0.25) is 0 Å². The van der Waals surface area contributed by atoms with Crippen LogP contribution >= 0.6 is 0 Å². The summed E-state index contributed by atoms with van der Waals surface area (Å²) in [6, 6.07) is 8.96. The molecule has 3 aromatic heterocycles. The molecule has 0 unspecified atom stereocenters. The van der Waals surface area contributed by atoms with Gasteiger partial charge in [0, 0.05) is 32.2 Å². The molecule has 3 N–H and O–H groups in total. The fourth-order valence-corrected chi connectivity index (χ4v) is 2.28. The van der Waals surface area contributed by atoms with Crippen molar-refractivity contribution in [2.24, 2.45) is 0 Å². The Morgan fingerprint density at radius 1 is 1.27 bits per heavy atom. The highest BCUT2D eigenvalue weighted by atomic mass is 19.4. The third-order valence-corrected chi connectivity index (χ3v) is 3.77. The highest BCUT2D eigenvalue weighted by Crippen LogP contribution is 2.13. The molecule has 0 fully saturated rings. The van der Waals surface area contributed by atoms with Crippen LogP contribution in [0.1, 0.15) is 16.2 Å². The summed E-state index contributed by atoms with van der Waals surface area (Å²) in [5.74, 6) is -3.10. The number of rotatable bonds is 4. The summed E-state index contributed by atoms with van der Waals surface area (Å²) in [4.78, 5) is 41.8. The van der Waals surface area contributed by atoms with Gasteiger partial charge in [-0.15, -0.1) is 0 Å². The molecular weight excluding hydrogens is 407 g/mol. The predicted octanol–water partition coefficient (Wildman–Crippen LogP) is 1.65. The zero-order valence-corrected chi connectivity index (χ0v) is 15.9. The molecule has 0 aromatic carbocycles. The second-order valence-electron chi connectivity index (χ2n) is 6.18. The summed E-state index contributed by atoms with van der Waals surface area (Å²) >= 11 is 0. The number of aliphatic carboxylic acids is 1. The Morgan fingerprint density at radius 2 is 1.93 bits per heavy atom. The summed E-state index contributed by atoms with van der Waals surface area (Å²) in [5, 5.41) is 9.89. The van der Waals surface area contributed by atoms with E-state index in [-0.39, 0.29) is 23.8 Å². The molecule has 30 heavy (non-hydrogen) atoms. The summed E-state index contributed by atoms with van der Waals surface area (Å²) in [5.41, 5.74) is 2.31. The van der Waals surface area contributed by atoms with E-state index in [9.17, 15) is 22.8 Å². The molecule has 3 heterocycles. The van der Waals surface area contributed by atoms with Crippen molar-refractivity contribution in [1.29, 1.82) is 0 Å². The average Bonchev–Trinajstić information content (AvgIpc) is 3.15. The number of carboxylic acid groups (broad SMARTS) is 1. The quantitative estimate of drug-likeness (QED) is 0.585. The molecule has 0 saturated heterocycles. The van der Waals surface area contributed by atoms with Gasteiger partial charge in [-0.05, 0) is 30.3 Å². The van der Waals surface area contributed by atoms with Crippen LogP contribution in [0.4, 0.5) is 18.9 Å². The number of fused-ring (bicyclic) bond motifs is 1. The van der Waals surface area contributed by atoms with Gasteiger partial charge in [-0.2, -0.15) is 13.2 Å². The van der Waals surface area contributed by atoms with Gasteiger partial charge in [-0.1, -0.05) is 0 Å². The molecule has 0 spiro atoms. The third kappa shape index (κ3) is 5.83. The van der Waals surface area contributed by atoms with Crippen molar-refractivity contribution < 1.29 is 27.9 Å². The van der Waals surface area contributed by atoms with Gasteiger partial charge >= 0.3 is 17.8 Å². The summed E-state index contributed by atoms with van der Waals surface area (Å²) in [6.07, 6.45) is -1.74. The average molecular weight is 425 g/mol. The van der Waals surface area contributed by atoms with E-state index in [4.69, 9.17) is 9.90 Å². The Hall–Kier alpha value is -3.83. The molecule has 9 nitrogen and oxygen atoms in total. The maximum Gasteiger partial charge on any atom is 0.490 e. The van der Waals surface area contributed by atoms with Crippen LogP contribution in [-0.4, -0.2) is 51.6 Å². The fourth-order valence-electron chi connectivity index (χ4n) is 2.28. The van der Waals surface area contributed by atoms with Crippen LogP contribution < -0.4 is 15.9 Å². The van der Waals surface area contributed by atoms with E-state index in [1.54, 1.807) is 30.6 Å². The van der Waals surface area contributed by atoms with Crippen LogP contribution in [0.15, 0.2) is 47.5 Å². The van der Waals surface area contributed by atoms with Crippen molar-refractivity contribution in [3.05, 3.63) is 64.6 Å². The first kappa shape index (κ1) is 22.5. The summed E-state index contributed by atoms with van der Waals surface area (Å²) in [7, 11) is 3.88. The van der Waals surface area contributed by atoms with E-state index in [1.165, 1.54) is 4.40 Å². The standard InChI is InChI=1S/C16H17N5O2.C2HF3O2/c1-20(2)12-5-6-17-11(8-12)10-18-15(22)14-9-13-4-3-7-21(13)16(23)19-14;3-2(4,5)1(6)7/h3-9H,10H2,1-2H3,(H,18,22)(H,19,23);(H,6,7). The topological polar surface area (TPSA) is 120 Å². The number of amides is 1. The van der Waals surface area contributed by atoms with E-state index >= 15 is 0 Å². The van der Waals surface area contributed by atoms with Gasteiger partial charge in [0.1, 0.15) is 5.69 Å². The van der Waals surface area contributed by atoms with Gasteiger partial charge in [-0.25, -0.2) is 9.59 Å². The van der Waals surface area contributed by atoms with Gasteiger partial charge in [0.05, 0.1) is 17.8 Å². The lowest BCUT2D eigenvalue weighted by molar-refractivity contribution is -0.192. The molecule has 0 aliphatic rings. The van der Waals surface area contributed by atoms with Gasteiger partial charge in [0.25, 0.3) is 5.91 Å². The maximum absolute atomic E-state index is 12.2. The van der Waals surface area contributed by atoms with Crippen LogP contribution in [0.3, 0.4) is 0 Å². The number of carboxylic acids is 1. The molecular formula is C18H18F3N5O4. The van der Waals surface area contributed by atoms with Crippen LogP contribution in [0.5, 0.6) is 0 Å². The minimum atomic E-state index is -5.08. The molecule has 3 aromatic rings. The number of aromatic amines is 1. The Bertz CT molecular complexity index is 1100. The largest absolute Gasteiger partial charge is 0.490 e. The molecule has 0 aliphatic heterocycles. The number of pyridine rings is 1. The number of halogens is 3. The monoisotopic (exact) mass is 425 g/mol. The number of nitrogens with one attached hydrogen (secondary N) is 2. The maximum atomic E-state index is 12.2. The molecule has 1 amide bonds. The highest BCUT2D eigenvalue weighted by molar-refractivity contribution is 5.93. The Morgan fingerprint density at radius 3 is 2.53 bits per heavy atom. The number of H-pyrrole nitrogens is 1. The molecule has 0 atom stereocenters. The van der Waals surface area contributed by atoms with E-state index in [2.05, 4.69) is 15.3 Å². The number of aromatic nitrogens is 3. The van der Waals surface area contributed by atoms with Crippen LogP contribution in [0.25, 0.3) is 5.52 Å². The molecule has 0 bridgehead atoms. The zero-order chi connectivity index (χ0) is 22.5. The highest BCUT2D eigenvalue weighted by Gasteiger charge is 2.38. The van der Waals surface area contributed by atoms with Gasteiger partial charge in [0.15, 0.2) is 0 Å². The van der Waals surface area contributed by atoms with Crippen molar-refractivity contribution in [3.63, 3.8) is 0 Å². The molecule has 3 rings (SSSR count). The van der Waals surface area contributed by atoms with Gasteiger partial charge in [0.2, 0.25) is 0 Å². The van der Waals surface area contributed by atoms with Gasteiger partial charge in [-0.3, -0.25) is 14.2 Å². The molecule has 160 valence electrons. The molecule has 12 heteroatoms. The predicted molar refractivity (Wildman–Crippen MR) is 101 cm³/mol. The first-order chi connectivity index (χ1) is 14.0. The Balaban J connectivity index is 0.000000396. The molecule has 0 aliphatic carbocycles. The van der Waals surface area contributed by atoms with Crippen LogP contribution in [-0.2, 0) is 11.3 Å². The lowest BCUT2D eigenvalue weighted by Crippen LogP contribution is -2.28. The molecule has 0 saturated carbocycles. The van der Waals surface area contributed by atoms with Crippen molar-refractivity contribution in [3.8, 4) is 0 Å². The first-order valence-corrected chi connectivity index (χ1v) is 8.40. The number of carbonyl (C=O) groups is 2. The zero-order valence-electron chi connectivity index (χ0n) is 15.9. The van der Waals surface area contributed by atoms with Gasteiger partial charge < -0.3 is 20.3 Å². The van der Waals surface area contributed by atoms with E-state index < -0.39 is 12.1 Å². The number of alkyl halides is 3. The van der Waals surface area contributed by atoms with Crippen LogP contribution in [0, 0.1) is 0 Å². The first-order valence-electron chi connectivity index (χ1n) is 8.40. The van der Waals surface area contributed by atoms with E-state index in [0.29, 0.717) is 5.52 Å². The second-order valence-corrected chi connectivity index (χ2v) is 6.18. The lowest BCUT2D eigenvalue weighted by atomic mass is 10.3. The number of nitrogens with zero attached hydrogens (tertiary/aromatic N) is 3. The minimum Gasteiger partial charge on any atom is -0.475 e. The molecule has 0 radical (unpaired) electrons. The SMILES string of the molecule is CN(C)c1ccnc(CNC(=O)c2cc3cccn3c(=O)[nH]2)c1.O=C(O)C(F)(F)F. The fraction of sp³-hybridized carbons (Fsp3) is 0.222. The van der Waals surface area contributed by atoms with Crippen molar-refractivity contribution in [2.45, 2.75) is 12.7 Å². The summed E-state index contributed by atoms with van der Waals surface area (Å²) in [6.45, 7) is 0.286. The second kappa shape index (κ2) is 9.11. The number of hydrogen-bond donors (Lipinski definition) is 3. The minimum absolute atomic E-state index is 0.227. The van der Waals surface area contributed by atoms with Crippen molar-refractivity contribution >= 4 is 23.1 Å². The Kier molecular flexibility index (Phi) is 6.82. The number of hydrogen-bond acceptors (Lipinski definition) is 5. The lowest BCUT2D eigenvalue weighted by Gasteiger charge is -2.13. The normalized spacial score (nSPS) is 10.8.